The Hall–Kier alpha value is -6.99. The van der Waals surface area contributed by atoms with Gasteiger partial charge in [-0.25, -0.2) is 0 Å². The first-order valence-electron chi connectivity index (χ1n) is 36.7. The van der Waals surface area contributed by atoms with Crippen LogP contribution in [0.3, 0.4) is 0 Å². The van der Waals surface area contributed by atoms with E-state index in [1.165, 1.54) is 91.1 Å². The van der Waals surface area contributed by atoms with Crippen LogP contribution in [0.15, 0.2) is 97.1 Å². The second-order valence-corrected chi connectivity index (χ2v) is 30.7. The third kappa shape index (κ3) is 18.7. The van der Waals surface area contributed by atoms with E-state index in [9.17, 15) is 33.6 Å². The molecule has 12 rings (SSSR count). The molecule has 4 saturated heterocycles. The topological polar surface area (TPSA) is 211 Å². The number of carbonyl (C=O) groups is 7. The summed E-state index contributed by atoms with van der Waals surface area (Å²) in [5.41, 5.74) is 11.5. The zero-order chi connectivity index (χ0) is 70.4. The van der Waals surface area contributed by atoms with E-state index in [-0.39, 0.29) is 94.4 Å². The minimum absolute atomic E-state index is 0. The standard InChI is InChI=1S/C21H31N3O2.C21H32N2O.C20H28N2O3.C18H24N2O3.5H2/c1-15(2)13-22-20(26)14-24-10-8-21(9-11-24)12-19(23-16(3)25)17-6-4-5-7-18(17)21;1-15(2)13-16(3)23-11-9-21(10-12-23)14-20(22-17(4)24)18-7-5-6-8-19(18)21;1-15(23)21-18-14-20(17-7-4-3-6-16(17)18)9-12-22(13-10-20)11-5-8-19(24)25-2;1-13(21)19-16-11-18(15-6-4-3-5-14(15)16)7-9-20(10-8-18)12-17(22)23-2;;;;;/h4-7,15,19H,8-14H2,1-3H3,(H,22,26)(H,23,25);5-8,15-16,20H,9-14H2,1-4H3,(H,22,24);3-4,6-7,18H,5,8-14H2,1-2H3,(H,21,23);3-6,16H,7-12H2,1-2H3,(H,19,21);5*1H/t19-;16?,20-;18-;16-;;;;;/m0000...../s1. The van der Waals surface area contributed by atoms with Gasteiger partial charge in [0.25, 0.3) is 0 Å². The maximum Gasteiger partial charge on any atom is 0.319 e. The maximum absolute atomic E-state index is 12.1. The van der Waals surface area contributed by atoms with Gasteiger partial charge in [-0.15, -0.1) is 0 Å². The Kier molecular flexibility index (Phi) is 26.0. The van der Waals surface area contributed by atoms with Gasteiger partial charge in [-0.05, 0) is 212 Å². The lowest BCUT2D eigenvalue weighted by Gasteiger charge is -2.43. The minimum Gasteiger partial charge on any atom is -0.469 e. The molecule has 0 saturated carbocycles. The summed E-state index contributed by atoms with van der Waals surface area (Å²) in [5.74, 6) is 1.22. The molecule has 4 fully saturated rings. The van der Waals surface area contributed by atoms with Gasteiger partial charge in [-0.3, -0.25) is 43.4 Å². The first-order valence-corrected chi connectivity index (χ1v) is 36.7. The molecule has 5 atom stereocenters. The Bertz CT molecular complexity index is 3400. The average molecular weight is 1360 g/mol. The molecule has 4 heterocycles. The van der Waals surface area contributed by atoms with Crippen molar-refractivity contribution in [3.63, 3.8) is 0 Å². The zero-order valence-corrected chi connectivity index (χ0v) is 60.8. The Balaban J connectivity index is 0.000000286. The number of fused-ring (bicyclic) bond motifs is 8. The summed E-state index contributed by atoms with van der Waals surface area (Å²) in [5, 5.41) is 15.5. The molecule has 0 radical (unpaired) electrons. The quantitative estimate of drug-likeness (QED) is 0.0624. The molecule has 18 nitrogen and oxygen atoms in total. The van der Waals surface area contributed by atoms with Gasteiger partial charge in [-0.2, -0.15) is 0 Å². The van der Waals surface area contributed by atoms with Crippen molar-refractivity contribution < 1.29 is 50.2 Å². The van der Waals surface area contributed by atoms with Crippen LogP contribution in [0, 0.1) is 11.8 Å². The van der Waals surface area contributed by atoms with Gasteiger partial charge < -0.3 is 45.9 Å². The van der Waals surface area contributed by atoms with Crippen LogP contribution >= 0.6 is 0 Å². The highest BCUT2D eigenvalue weighted by atomic mass is 16.5. The van der Waals surface area contributed by atoms with E-state index in [1.807, 2.05) is 6.07 Å². The van der Waals surface area contributed by atoms with Gasteiger partial charge in [0.05, 0.1) is 51.5 Å². The third-order valence-electron chi connectivity index (χ3n) is 22.9. The molecule has 4 aliphatic carbocycles. The van der Waals surface area contributed by atoms with Gasteiger partial charge in [-0.1, -0.05) is 125 Å². The number of amides is 5. The molecule has 0 bridgehead atoms. The SMILES string of the molecule is CC(=O)N[C@H]1CC2(CCN(C(C)CC(C)C)CC2)c2ccccc21.CC(=O)N[C@H]1CC2(CCN(CC(=O)NCC(C)C)CC2)c2ccccc21.COC(=O)CCCN1CCC2(CC1)C[C@H](NC(C)=O)c1ccccc12.COC(=O)CN1CCC2(CC1)C[C@H](NC(C)=O)c1ccccc12.[HH].[HH].[HH].[HH].[HH]. The van der Waals surface area contributed by atoms with Crippen molar-refractivity contribution in [1.29, 1.82) is 0 Å². The molecule has 4 aromatic carbocycles. The lowest BCUT2D eigenvalue weighted by Crippen LogP contribution is -2.46. The third-order valence-corrected chi connectivity index (χ3v) is 22.9. The van der Waals surface area contributed by atoms with E-state index in [4.69, 9.17) is 9.47 Å². The Labute approximate surface area is 592 Å². The molecule has 4 spiro atoms. The average Bonchev–Trinajstić information content (AvgIpc) is 1.63. The highest BCUT2D eigenvalue weighted by Crippen LogP contribution is 2.54. The summed E-state index contributed by atoms with van der Waals surface area (Å²) in [4.78, 5) is 90.6. The van der Waals surface area contributed by atoms with Gasteiger partial charge in [0.2, 0.25) is 29.5 Å². The van der Waals surface area contributed by atoms with Crippen LogP contribution in [0.1, 0.15) is 234 Å². The number of likely N-dealkylation sites (tertiary alicyclic amines) is 4. The van der Waals surface area contributed by atoms with Crippen LogP contribution < -0.4 is 26.6 Å². The van der Waals surface area contributed by atoms with Gasteiger partial charge >= 0.3 is 11.9 Å². The molecule has 1 unspecified atom stereocenters. The zero-order valence-electron chi connectivity index (χ0n) is 60.8. The van der Waals surface area contributed by atoms with Crippen molar-refractivity contribution >= 4 is 41.5 Å². The monoisotopic (exact) mass is 1360 g/mol. The van der Waals surface area contributed by atoms with E-state index >= 15 is 0 Å². The first-order chi connectivity index (χ1) is 46.9. The van der Waals surface area contributed by atoms with Crippen LogP contribution in [0.25, 0.3) is 0 Å². The van der Waals surface area contributed by atoms with E-state index in [0.29, 0.717) is 31.5 Å². The van der Waals surface area contributed by atoms with Crippen LogP contribution in [0.4, 0.5) is 0 Å². The largest absolute Gasteiger partial charge is 0.469 e. The van der Waals surface area contributed by atoms with Crippen molar-refractivity contribution in [2.45, 2.75) is 210 Å². The molecule has 544 valence electrons. The lowest BCUT2D eigenvalue weighted by atomic mass is 9.73. The fraction of sp³-hybridized carbons (Fsp3) is 0.613. The maximum atomic E-state index is 12.1. The van der Waals surface area contributed by atoms with E-state index in [1.54, 1.807) is 27.7 Å². The molecular formula is C80H125N9O9. The Morgan fingerprint density at radius 2 is 0.755 bits per heavy atom. The summed E-state index contributed by atoms with van der Waals surface area (Å²) < 4.78 is 9.47. The second kappa shape index (κ2) is 33.9. The van der Waals surface area contributed by atoms with Gasteiger partial charge in [0.15, 0.2) is 0 Å². The molecule has 4 aliphatic heterocycles. The fourth-order valence-electron chi connectivity index (χ4n) is 18.0. The molecule has 4 aromatic rings. The number of hydrogen-bond acceptors (Lipinski definition) is 13. The van der Waals surface area contributed by atoms with E-state index < -0.39 is 0 Å². The predicted molar refractivity (Wildman–Crippen MR) is 396 cm³/mol. The number of rotatable bonds is 17. The number of carbonyl (C=O) groups excluding carboxylic acids is 7. The van der Waals surface area contributed by atoms with Crippen molar-refractivity contribution in [1.82, 2.24) is 46.2 Å². The molecular weight excluding hydrogens is 1230 g/mol. The van der Waals surface area contributed by atoms with Crippen LogP contribution in [0.2, 0.25) is 0 Å². The number of piperidine rings is 4. The van der Waals surface area contributed by atoms with E-state index in [0.717, 1.165) is 129 Å². The number of hydrogen-bond donors (Lipinski definition) is 5. The first kappa shape index (κ1) is 75.2. The number of methoxy groups -OCH3 is 2. The van der Waals surface area contributed by atoms with Crippen LogP contribution in [-0.4, -0.2) is 160 Å². The molecule has 18 heteroatoms. The van der Waals surface area contributed by atoms with Crippen molar-refractivity contribution in [2.75, 3.05) is 92.8 Å². The number of benzene rings is 4. The molecule has 0 aromatic heterocycles. The van der Waals surface area contributed by atoms with Crippen molar-refractivity contribution in [3.8, 4) is 0 Å². The summed E-state index contributed by atoms with van der Waals surface area (Å²) in [7, 11) is 2.87. The Morgan fingerprint density at radius 3 is 1.07 bits per heavy atom. The highest BCUT2D eigenvalue weighted by Gasteiger charge is 2.50. The molecule has 5 amide bonds. The highest BCUT2D eigenvalue weighted by molar-refractivity contribution is 5.78. The molecule has 5 N–H and O–H groups in total. The Morgan fingerprint density at radius 1 is 0.439 bits per heavy atom. The van der Waals surface area contributed by atoms with E-state index in [2.05, 4.69) is 172 Å². The summed E-state index contributed by atoms with van der Waals surface area (Å²) in [6.45, 7) is 28.2. The van der Waals surface area contributed by atoms with Crippen LogP contribution in [0.5, 0.6) is 0 Å². The van der Waals surface area contributed by atoms with Crippen molar-refractivity contribution in [2.24, 2.45) is 11.8 Å². The van der Waals surface area contributed by atoms with Crippen LogP contribution in [-0.2, 0) is 64.7 Å². The summed E-state index contributed by atoms with van der Waals surface area (Å²) in [6, 6.07) is 35.5. The normalized spacial score (nSPS) is 22.5. The number of esters is 2. The fourth-order valence-corrected chi connectivity index (χ4v) is 18.0. The second-order valence-electron chi connectivity index (χ2n) is 30.7. The number of ether oxygens (including phenoxy) is 2. The predicted octanol–water partition coefficient (Wildman–Crippen LogP) is 12.0. The molecule has 98 heavy (non-hydrogen) atoms. The lowest BCUT2D eigenvalue weighted by molar-refractivity contribution is -0.142. The summed E-state index contributed by atoms with van der Waals surface area (Å²) in [6.07, 6.45) is 15.4. The minimum atomic E-state index is -0.177. The number of nitrogens with one attached hydrogen (secondary N) is 5. The van der Waals surface area contributed by atoms with Crippen molar-refractivity contribution in [3.05, 3.63) is 142 Å². The summed E-state index contributed by atoms with van der Waals surface area (Å²) >= 11 is 0. The smallest absolute Gasteiger partial charge is 0.319 e. The van der Waals surface area contributed by atoms with Gasteiger partial charge in [0.1, 0.15) is 0 Å². The number of nitrogens with zero attached hydrogens (tertiary/aromatic N) is 4. The van der Waals surface area contributed by atoms with Gasteiger partial charge in [0, 0.05) is 75.5 Å². The molecule has 8 aliphatic rings.